The van der Waals surface area contributed by atoms with Gasteiger partial charge in [0, 0.05) is 21.6 Å². The van der Waals surface area contributed by atoms with E-state index in [-0.39, 0.29) is 0 Å². The van der Waals surface area contributed by atoms with Crippen LogP contribution >= 0.6 is 27.5 Å². The first-order valence-electron chi connectivity index (χ1n) is 7.57. The molecule has 3 nitrogen and oxygen atoms in total. The second kappa shape index (κ2) is 7.37. The van der Waals surface area contributed by atoms with E-state index in [0.717, 1.165) is 63.7 Å². The zero-order chi connectivity index (χ0) is 16.2. The van der Waals surface area contributed by atoms with Crippen LogP contribution in [-0.4, -0.2) is 26.0 Å². The summed E-state index contributed by atoms with van der Waals surface area (Å²) in [6, 6.07) is 12.1. The van der Waals surface area contributed by atoms with Crippen LogP contribution in [0.2, 0.25) is 5.02 Å². The highest BCUT2D eigenvalue weighted by Crippen LogP contribution is 2.27. The zero-order valence-corrected chi connectivity index (χ0v) is 15.2. The molecule has 0 aromatic heterocycles. The fraction of sp³-hybridized carbons (Fsp3) is 0.278. The van der Waals surface area contributed by atoms with Gasteiger partial charge in [-0.1, -0.05) is 39.7 Å². The number of hydrogen-bond donors (Lipinski definition) is 1. The number of halogens is 2. The van der Waals surface area contributed by atoms with Gasteiger partial charge >= 0.3 is 0 Å². The number of aliphatic imine (C=N–C) groups is 1. The molecule has 23 heavy (non-hydrogen) atoms. The normalized spacial score (nSPS) is 13.6. The van der Waals surface area contributed by atoms with E-state index in [4.69, 9.17) is 16.3 Å². The molecule has 0 saturated heterocycles. The fourth-order valence-corrected chi connectivity index (χ4v) is 3.49. The Kier molecular flexibility index (Phi) is 5.23. The Bertz CT molecular complexity index is 746. The van der Waals surface area contributed by atoms with Gasteiger partial charge in [0.1, 0.15) is 11.6 Å². The van der Waals surface area contributed by atoms with E-state index in [1.54, 1.807) is 7.11 Å². The summed E-state index contributed by atoms with van der Waals surface area (Å²) in [5.41, 5.74) is 3.39. The molecule has 3 rings (SSSR count). The predicted molar refractivity (Wildman–Crippen MR) is 99.0 cm³/mol. The van der Waals surface area contributed by atoms with Crippen molar-refractivity contribution in [3.63, 3.8) is 0 Å². The molecular formula is C18H18BrClN2O. The van der Waals surface area contributed by atoms with Gasteiger partial charge in [0.15, 0.2) is 0 Å². The van der Waals surface area contributed by atoms with Crippen molar-refractivity contribution in [1.82, 2.24) is 5.32 Å². The van der Waals surface area contributed by atoms with E-state index in [0.29, 0.717) is 0 Å². The number of ether oxygens (including phenoxy) is 1. The third-order valence-electron chi connectivity index (χ3n) is 3.93. The highest BCUT2D eigenvalue weighted by atomic mass is 79.9. The molecule has 1 aliphatic rings. The number of nitrogens with zero attached hydrogens (tertiary/aromatic N) is 1. The Morgan fingerprint density at radius 1 is 1.26 bits per heavy atom. The first-order chi connectivity index (χ1) is 11.2. The van der Waals surface area contributed by atoms with E-state index in [1.807, 2.05) is 24.3 Å². The van der Waals surface area contributed by atoms with Crippen molar-refractivity contribution in [3.05, 3.63) is 62.6 Å². The van der Waals surface area contributed by atoms with Gasteiger partial charge < -0.3 is 10.1 Å². The highest BCUT2D eigenvalue weighted by Gasteiger charge is 2.15. The first-order valence-corrected chi connectivity index (χ1v) is 8.74. The largest absolute Gasteiger partial charge is 0.496 e. The average molecular weight is 394 g/mol. The van der Waals surface area contributed by atoms with E-state index in [9.17, 15) is 0 Å². The number of methoxy groups -OCH3 is 1. The van der Waals surface area contributed by atoms with Crippen LogP contribution in [0.4, 0.5) is 0 Å². The van der Waals surface area contributed by atoms with E-state index in [2.05, 4.69) is 38.4 Å². The van der Waals surface area contributed by atoms with E-state index < -0.39 is 0 Å². The number of hydrogen-bond acceptors (Lipinski definition) is 3. The molecule has 0 aliphatic carbocycles. The van der Waals surface area contributed by atoms with Gasteiger partial charge in [-0.15, -0.1) is 0 Å². The fourth-order valence-electron chi connectivity index (χ4n) is 2.82. The van der Waals surface area contributed by atoms with Crippen LogP contribution in [0.1, 0.15) is 16.7 Å². The summed E-state index contributed by atoms with van der Waals surface area (Å²) in [5, 5.41) is 4.11. The average Bonchev–Trinajstić information content (AvgIpc) is 3.08. The number of nitrogens with one attached hydrogen (secondary N) is 1. The molecule has 0 bridgehead atoms. The third-order valence-corrected chi connectivity index (χ3v) is 4.78. The molecule has 0 atom stereocenters. The first kappa shape index (κ1) is 16.3. The van der Waals surface area contributed by atoms with E-state index >= 15 is 0 Å². The second-order valence-corrected chi connectivity index (χ2v) is 6.70. The molecule has 2 aromatic carbocycles. The lowest BCUT2D eigenvalue weighted by molar-refractivity contribution is 0.409. The third kappa shape index (κ3) is 3.70. The quantitative estimate of drug-likeness (QED) is 0.824. The predicted octanol–water partition coefficient (Wildman–Crippen LogP) is 4.25. The van der Waals surface area contributed by atoms with Crippen molar-refractivity contribution in [2.24, 2.45) is 4.99 Å². The van der Waals surface area contributed by atoms with Crippen molar-refractivity contribution in [2.45, 2.75) is 12.8 Å². The smallest absolute Gasteiger partial charge is 0.128 e. The van der Waals surface area contributed by atoms with Crippen LogP contribution in [0.5, 0.6) is 5.75 Å². The van der Waals surface area contributed by atoms with Crippen LogP contribution in [0.15, 0.2) is 45.9 Å². The maximum absolute atomic E-state index is 6.46. The Hall–Kier alpha value is -1.52. The summed E-state index contributed by atoms with van der Waals surface area (Å²) in [6.07, 6.45) is 1.69. The molecule has 0 unspecified atom stereocenters. The number of amidine groups is 1. The van der Waals surface area contributed by atoms with Gasteiger partial charge in [-0.3, -0.25) is 4.99 Å². The summed E-state index contributed by atoms with van der Waals surface area (Å²) >= 11 is 9.98. The van der Waals surface area contributed by atoms with Gasteiger partial charge in [-0.05, 0) is 48.2 Å². The maximum atomic E-state index is 6.46. The number of aryl methyl sites for hydroxylation is 1. The van der Waals surface area contributed by atoms with Crippen molar-refractivity contribution < 1.29 is 4.74 Å². The number of benzene rings is 2. The molecule has 0 spiro atoms. The van der Waals surface area contributed by atoms with E-state index in [1.165, 1.54) is 0 Å². The van der Waals surface area contributed by atoms with Gasteiger partial charge in [0.25, 0.3) is 0 Å². The van der Waals surface area contributed by atoms with Crippen molar-refractivity contribution in [2.75, 3.05) is 20.2 Å². The van der Waals surface area contributed by atoms with Gasteiger partial charge in [0.2, 0.25) is 0 Å². The lowest BCUT2D eigenvalue weighted by atomic mass is 9.98. The minimum Gasteiger partial charge on any atom is -0.496 e. The molecule has 0 amide bonds. The van der Waals surface area contributed by atoms with Crippen LogP contribution in [0.3, 0.4) is 0 Å². The monoisotopic (exact) mass is 392 g/mol. The molecule has 1 heterocycles. The molecule has 2 aromatic rings. The Labute approximate surface area is 149 Å². The molecule has 0 fully saturated rings. The molecule has 120 valence electrons. The lowest BCUT2D eigenvalue weighted by Gasteiger charge is -2.14. The van der Waals surface area contributed by atoms with Crippen molar-refractivity contribution >= 4 is 33.4 Å². The van der Waals surface area contributed by atoms with Crippen molar-refractivity contribution in [1.29, 1.82) is 0 Å². The lowest BCUT2D eigenvalue weighted by Crippen LogP contribution is -2.21. The summed E-state index contributed by atoms with van der Waals surface area (Å²) in [5.74, 6) is 1.85. The minimum atomic E-state index is 0.785. The second-order valence-electron chi connectivity index (χ2n) is 5.38. The Morgan fingerprint density at radius 2 is 2.13 bits per heavy atom. The summed E-state index contributed by atoms with van der Waals surface area (Å²) in [6.45, 7) is 1.71. The standard InChI is InChI=1S/C18H18BrClN2O/c1-23-17-8-6-13(19)11-12(17)5-7-14-15(3-2-4-16(14)20)18-21-9-10-22-18/h2-4,6,8,11H,5,7,9-10H2,1H3,(H,21,22). The van der Waals surface area contributed by atoms with Crippen molar-refractivity contribution in [3.8, 4) is 5.75 Å². The topological polar surface area (TPSA) is 33.6 Å². The Balaban J connectivity index is 1.87. The summed E-state index contributed by atoms with van der Waals surface area (Å²) in [4.78, 5) is 4.53. The Morgan fingerprint density at radius 3 is 2.87 bits per heavy atom. The molecule has 0 radical (unpaired) electrons. The molecule has 1 N–H and O–H groups in total. The molecule has 5 heteroatoms. The minimum absolute atomic E-state index is 0.785. The summed E-state index contributed by atoms with van der Waals surface area (Å²) < 4.78 is 6.51. The van der Waals surface area contributed by atoms with Crippen LogP contribution in [0.25, 0.3) is 0 Å². The number of rotatable bonds is 5. The van der Waals surface area contributed by atoms with Crippen LogP contribution in [0, 0.1) is 0 Å². The van der Waals surface area contributed by atoms with Crippen LogP contribution < -0.4 is 10.1 Å². The SMILES string of the molecule is COc1ccc(Br)cc1CCc1c(Cl)cccc1C1=NCCN1. The van der Waals surface area contributed by atoms with Gasteiger partial charge in [0.05, 0.1) is 13.7 Å². The molecule has 0 saturated carbocycles. The zero-order valence-electron chi connectivity index (χ0n) is 12.9. The summed E-state index contributed by atoms with van der Waals surface area (Å²) in [7, 11) is 1.70. The van der Waals surface area contributed by atoms with Gasteiger partial charge in [-0.25, -0.2) is 0 Å². The maximum Gasteiger partial charge on any atom is 0.128 e. The van der Waals surface area contributed by atoms with Crippen LogP contribution in [-0.2, 0) is 12.8 Å². The molecule has 1 aliphatic heterocycles. The highest BCUT2D eigenvalue weighted by molar-refractivity contribution is 9.10. The molecular weight excluding hydrogens is 376 g/mol. The van der Waals surface area contributed by atoms with Gasteiger partial charge in [-0.2, -0.15) is 0 Å².